The number of hydrogen-bond donors (Lipinski definition) is 1. The first-order valence-electron chi connectivity index (χ1n) is 4.49. The van der Waals surface area contributed by atoms with Gasteiger partial charge < -0.3 is 0 Å². The Morgan fingerprint density at radius 3 is 1.56 bits per heavy atom. The van der Waals surface area contributed by atoms with E-state index in [-0.39, 0.29) is 25.3 Å². The number of hydrogen-bond acceptors (Lipinski definition) is 4. The standard InChI is InChI=1S/C7H8O3S.2C2H3N.Pd/c1-6-2-4-7(5-3-6)11(8,9)10;2*1-2-3;/h2-5H,1H3,(H,8,9,10);2*1H3;. The van der Waals surface area contributed by atoms with Crippen molar-refractivity contribution >= 4 is 10.1 Å². The van der Waals surface area contributed by atoms with Crippen molar-refractivity contribution in [3.05, 3.63) is 29.8 Å². The van der Waals surface area contributed by atoms with Gasteiger partial charge in [0.2, 0.25) is 0 Å². The molecule has 0 heterocycles. The maximum absolute atomic E-state index is 10.5. The molecule has 1 N–H and O–H groups in total. The summed E-state index contributed by atoms with van der Waals surface area (Å²) in [6.45, 7) is 4.70. The van der Waals surface area contributed by atoms with Crippen molar-refractivity contribution in [2.24, 2.45) is 0 Å². The van der Waals surface area contributed by atoms with Crippen LogP contribution in [0.25, 0.3) is 0 Å². The predicted molar refractivity (Wildman–Crippen MR) is 63.6 cm³/mol. The normalized spacial score (nSPS) is 7.89. The Bertz CT molecular complexity index is 487. The van der Waals surface area contributed by atoms with E-state index in [4.69, 9.17) is 15.1 Å². The van der Waals surface area contributed by atoms with Gasteiger partial charge in [-0.1, -0.05) is 17.7 Å². The molecule has 0 aliphatic heterocycles. The molecule has 1 aromatic carbocycles. The van der Waals surface area contributed by atoms with E-state index < -0.39 is 10.1 Å². The molecule has 0 radical (unpaired) electrons. The van der Waals surface area contributed by atoms with Crippen molar-refractivity contribution in [2.45, 2.75) is 25.7 Å². The van der Waals surface area contributed by atoms with Gasteiger partial charge in [-0.3, -0.25) is 4.55 Å². The third-order valence-electron chi connectivity index (χ3n) is 1.32. The second-order valence-corrected chi connectivity index (χ2v) is 4.16. The van der Waals surface area contributed by atoms with Crippen molar-refractivity contribution in [3.8, 4) is 12.1 Å². The van der Waals surface area contributed by atoms with Crippen molar-refractivity contribution in [3.63, 3.8) is 0 Å². The van der Waals surface area contributed by atoms with E-state index in [9.17, 15) is 8.42 Å². The molecule has 0 spiro atoms. The summed E-state index contributed by atoms with van der Waals surface area (Å²) < 4.78 is 29.6. The van der Waals surface area contributed by atoms with Crippen molar-refractivity contribution in [1.82, 2.24) is 0 Å². The van der Waals surface area contributed by atoms with E-state index in [1.807, 2.05) is 6.92 Å². The van der Waals surface area contributed by atoms with Crippen LogP contribution in [0.4, 0.5) is 0 Å². The second kappa shape index (κ2) is 12.2. The molecule has 1 aromatic rings. The Labute approximate surface area is 121 Å². The van der Waals surface area contributed by atoms with Crippen molar-refractivity contribution < 1.29 is 33.4 Å². The smallest absolute Gasteiger partial charge is 0.282 e. The molecule has 0 aliphatic carbocycles. The van der Waals surface area contributed by atoms with E-state index in [1.165, 1.54) is 26.0 Å². The first-order chi connectivity index (χ1) is 7.83. The Kier molecular flexibility index (Phi) is 15.0. The number of nitrogens with zero attached hydrogens (tertiary/aromatic N) is 2. The fourth-order valence-corrected chi connectivity index (χ4v) is 1.19. The maximum atomic E-state index is 10.5. The second-order valence-electron chi connectivity index (χ2n) is 2.74. The molecule has 102 valence electrons. The molecule has 0 unspecified atom stereocenters. The number of rotatable bonds is 1. The fraction of sp³-hybridized carbons (Fsp3) is 0.273. The first-order valence-corrected chi connectivity index (χ1v) is 5.93. The number of nitriles is 2. The molecule has 1 rings (SSSR count). The maximum Gasteiger partial charge on any atom is 0.294 e. The third-order valence-corrected chi connectivity index (χ3v) is 2.19. The van der Waals surface area contributed by atoms with Gasteiger partial charge in [0.25, 0.3) is 10.1 Å². The molecule has 0 bridgehead atoms. The molecule has 0 aliphatic rings. The van der Waals surface area contributed by atoms with Crippen LogP contribution in [0, 0.1) is 29.6 Å². The van der Waals surface area contributed by atoms with Gasteiger partial charge in [-0.2, -0.15) is 18.9 Å². The van der Waals surface area contributed by atoms with Crippen LogP contribution in [0.1, 0.15) is 19.4 Å². The van der Waals surface area contributed by atoms with E-state index in [1.54, 1.807) is 24.3 Å². The summed E-state index contributed by atoms with van der Waals surface area (Å²) in [5.74, 6) is 0. The summed E-state index contributed by atoms with van der Waals surface area (Å²) in [5, 5.41) is 14.6. The van der Waals surface area contributed by atoms with Crippen LogP contribution in [0.2, 0.25) is 0 Å². The molecule has 18 heavy (non-hydrogen) atoms. The molecular formula is C11H14N2O3PdS. The zero-order valence-electron chi connectivity index (χ0n) is 10.2. The van der Waals surface area contributed by atoms with Gasteiger partial charge in [0.05, 0.1) is 17.0 Å². The van der Waals surface area contributed by atoms with Gasteiger partial charge in [0.15, 0.2) is 0 Å². The van der Waals surface area contributed by atoms with E-state index in [0.29, 0.717) is 0 Å². The summed E-state index contributed by atoms with van der Waals surface area (Å²) >= 11 is 0. The van der Waals surface area contributed by atoms with Crippen LogP contribution in [-0.2, 0) is 30.5 Å². The fourth-order valence-electron chi connectivity index (χ4n) is 0.710. The largest absolute Gasteiger partial charge is 0.294 e. The average Bonchev–Trinajstić information content (AvgIpc) is 2.19. The van der Waals surface area contributed by atoms with Crippen molar-refractivity contribution in [1.29, 1.82) is 10.5 Å². The van der Waals surface area contributed by atoms with E-state index >= 15 is 0 Å². The zero-order chi connectivity index (χ0) is 13.9. The zero-order valence-corrected chi connectivity index (χ0v) is 12.6. The summed E-state index contributed by atoms with van der Waals surface area (Å²) in [6.07, 6.45) is 0. The van der Waals surface area contributed by atoms with Gasteiger partial charge in [-0.05, 0) is 19.1 Å². The minimum atomic E-state index is -4.02. The first kappa shape index (κ1) is 22.0. The van der Waals surface area contributed by atoms with Gasteiger partial charge in [-0.15, -0.1) is 0 Å². The summed E-state index contributed by atoms with van der Waals surface area (Å²) in [4.78, 5) is -0.0666. The van der Waals surface area contributed by atoms with Gasteiger partial charge in [-0.25, -0.2) is 0 Å². The molecule has 7 heteroatoms. The molecule has 0 saturated heterocycles. The number of benzene rings is 1. The van der Waals surface area contributed by atoms with Crippen LogP contribution >= 0.6 is 0 Å². The third kappa shape index (κ3) is 12.8. The van der Waals surface area contributed by atoms with Crippen LogP contribution in [0.5, 0.6) is 0 Å². The predicted octanol–water partition coefficient (Wildman–Crippen LogP) is 2.30. The van der Waals surface area contributed by atoms with Gasteiger partial charge >= 0.3 is 0 Å². The topological polar surface area (TPSA) is 102 Å². The SMILES string of the molecule is CC#N.CC#N.Cc1ccc(S(=O)(=O)O)cc1.[Pd]. The number of aryl methyl sites for hydroxylation is 1. The molecule has 0 aromatic heterocycles. The van der Waals surface area contributed by atoms with Crippen molar-refractivity contribution in [2.75, 3.05) is 0 Å². The van der Waals surface area contributed by atoms with Crippen LogP contribution in [-0.4, -0.2) is 13.0 Å². The van der Waals surface area contributed by atoms with E-state index in [0.717, 1.165) is 5.56 Å². The Morgan fingerprint density at radius 1 is 1.06 bits per heavy atom. The molecule has 0 amide bonds. The minimum absolute atomic E-state index is 0. The Hall–Kier alpha value is -1.23. The van der Waals surface area contributed by atoms with Crippen LogP contribution in [0.3, 0.4) is 0 Å². The minimum Gasteiger partial charge on any atom is -0.282 e. The molecule has 0 saturated carbocycles. The average molecular weight is 361 g/mol. The monoisotopic (exact) mass is 360 g/mol. The Balaban J connectivity index is -0.000000276. The molecule has 5 nitrogen and oxygen atoms in total. The quantitative estimate of drug-likeness (QED) is 0.611. The summed E-state index contributed by atoms with van der Waals surface area (Å²) in [5.41, 5.74) is 0.956. The van der Waals surface area contributed by atoms with Gasteiger partial charge in [0.1, 0.15) is 0 Å². The molecule has 0 atom stereocenters. The van der Waals surface area contributed by atoms with Crippen LogP contribution in [0.15, 0.2) is 29.2 Å². The summed E-state index contributed by atoms with van der Waals surface area (Å²) in [7, 11) is -4.02. The Morgan fingerprint density at radius 2 is 1.33 bits per heavy atom. The van der Waals surface area contributed by atoms with E-state index in [2.05, 4.69) is 0 Å². The van der Waals surface area contributed by atoms with Crippen LogP contribution < -0.4 is 0 Å². The molecular weight excluding hydrogens is 347 g/mol. The van der Waals surface area contributed by atoms with Gasteiger partial charge in [0, 0.05) is 34.3 Å². The molecule has 0 fully saturated rings. The summed E-state index contributed by atoms with van der Waals surface area (Å²) in [6, 6.07) is 9.49.